The van der Waals surface area contributed by atoms with E-state index < -0.39 is 0 Å². The SMILES string of the molecule is CCc1ccc(C(NCc2cn(C)nn2)C(C)C)cc1. The summed E-state index contributed by atoms with van der Waals surface area (Å²) in [7, 11) is 1.89. The first-order chi connectivity index (χ1) is 9.60. The van der Waals surface area contributed by atoms with E-state index in [1.165, 1.54) is 11.1 Å². The van der Waals surface area contributed by atoms with Crippen molar-refractivity contribution in [3.63, 3.8) is 0 Å². The number of rotatable bonds is 6. The Balaban J connectivity index is 2.06. The summed E-state index contributed by atoms with van der Waals surface area (Å²) < 4.78 is 1.73. The molecule has 0 spiro atoms. The molecule has 0 radical (unpaired) electrons. The lowest BCUT2D eigenvalue weighted by Gasteiger charge is -2.22. The third-order valence-electron chi connectivity index (χ3n) is 3.57. The van der Waals surface area contributed by atoms with Crippen LogP contribution in [0.2, 0.25) is 0 Å². The standard InChI is InChI=1S/C16H24N4/c1-5-13-6-8-14(9-7-13)16(12(2)3)17-10-15-11-20(4)19-18-15/h6-9,11-12,16-17H,5,10H2,1-4H3. The molecule has 0 aliphatic carbocycles. The molecule has 0 bridgehead atoms. The largest absolute Gasteiger partial charge is 0.304 e. The molecule has 0 saturated heterocycles. The van der Waals surface area contributed by atoms with Crippen LogP contribution in [0, 0.1) is 5.92 Å². The van der Waals surface area contributed by atoms with E-state index in [1.807, 2.05) is 13.2 Å². The summed E-state index contributed by atoms with van der Waals surface area (Å²) in [6.45, 7) is 7.40. The van der Waals surface area contributed by atoms with E-state index in [-0.39, 0.29) is 0 Å². The molecule has 1 unspecified atom stereocenters. The minimum atomic E-state index is 0.336. The maximum Gasteiger partial charge on any atom is 0.0964 e. The second-order valence-electron chi connectivity index (χ2n) is 5.58. The summed E-state index contributed by atoms with van der Waals surface area (Å²) in [5.41, 5.74) is 3.69. The third kappa shape index (κ3) is 3.67. The second-order valence-corrected chi connectivity index (χ2v) is 5.58. The van der Waals surface area contributed by atoms with Crippen molar-refractivity contribution in [2.45, 2.75) is 39.8 Å². The Bertz CT molecular complexity index is 528. The van der Waals surface area contributed by atoms with Gasteiger partial charge in [-0.15, -0.1) is 5.10 Å². The minimum absolute atomic E-state index is 0.336. The van der Waals surface area contributed by atoms with Gasteiger partial charge in [-0.05, 0) is 23.5 Å². The first-order valence-electron chi connectivity index (χ1n) is 7.27. The monoisotopic (exact) mass is 272 g/mol. The summed E-state index contributed by atoms with van der Waals surface area (Å²) in [6, 6.07) is 9.23. The quantitative estimate of drug-likeness (QED) is 0.879. The molecule has 108 valence electrons. The summed E-state index contributed by atoms with van der Waals surface area (Å²) in [6.07, 6.45) is 3.03. The predicted molar refractivity (Wildman–Crippen MR) is 81.2 cm³/mol. The number of aromatic nitrogens is 3. The van der Waals surface area contributed by atoms with Crippen LogP contribution in [0.15, 0.2) is 30.5 Å². The van der Waals surface area contributed by atoms with Crippen molar-refractivity contribution in [1.82, 2.24) is 20.3 Å². The molecule has 0 amide bonds. The lowest BCUT2D eigenvalue weighted by Crippen LogP contribution is -2.25. The van der Waals surface area contributed by atoms with Gasteiger partial charge in [0.2, 0.25) is 0 Å². The van der Waals surface area contributed by atoms with Crippen LogP contribution < -0.4 is 5.32 Å². The maximum atomic E-state index is 4.12. The number of benzene rings is 1. The fraction of sp³-hybridized carbons (Fsp3) is 0.500. The van der Waals surface area contributed by atoms with Crippen molar-refractivity contribution in [1.29, 1.82) is 0 Å². The van der Waals surface area contributed by atoms with Crippen molar-refractivity contribution < 1.29 is 0 Å². The summed E-state index contributed by atoms with van der Waals surface area (Å²) >= 11 is 0. The van der Waals surface area contributed by atoms with Gasteiger partial charge in [-0.3, -0.25) is 4.68 Å². The van der Waals surface area contributed by atoms with Gasteiger partial charge in [0.15, 0.2) is 0 Å². The number of hydrogen-bond acceptors (Lipinski definition) is 3. The molecule has 1 aromatic carbocycles. The Morgan fingerprint density at radius 1 is 1.20 bits per heavy atom. The highest BCUT2D eigenvalue weighted by Gasteiger charge is 2.15. The molecule has 1 atom stereocenters. The van der Waals surface area contributed by atoms with Gasteiger partial charge in [0.25, 0.3) is 0 Å². The normalized spacial score (nSPS) is 12.8. The molecule has 1 heterocycles. The van der Waals surface area contributed by atoms with Crippen LogP contribution in [0.3, 0.4) is 0 Å². The Kier molecular flexibility index (Phi) is 4.90. The van der Waals surface area contributed by atoms with Crippen molar-refractivity contribution in [2.24, 2.45) is 13.0 Å². The number of aryl methyl sites for hydroxylation is 2. The van der Waals surface area contributed by atoms with Gasteiger partial charge in [-0.1, -0.05) is 50.3 Å². The highest BCUT2D eigenvalue weighted by atomic mass is 15.4. The Labute approximate surface area is 121 Å². The zero-order valence-electron chi connectivity index (χ0n) is 12.8. The predicted octanol–water partition coefficient (Wildman–Crippen LogP) is 2.86. The van der Waals surface area contributed by atoms with E-state index in [4.69, 9.17) is 0 Å². The first kappa shape index (κ1) is 14.7. The average molecular weight is 272 g/mol. The highest BCUT2D eigenvalue weighted by Crippen LogP contribution is 2.22. The van der Waals surface area contributed by atoms with Gasteiger partial charge in [-0.25, -0.2) is 0 Å². The van der Waals surface area contributed by atoms with Gasteiger partial charge in [0, 0.05) is 25.8 Å². The van der Waals surface area contributed by atoms with Gasteiger partial charge >= 0.3 is 0 Å². The van der Waals surface area contributed by atoms with E-state index in [1.54, 1.807) is 4.68 Å². The van der Waals surface area contributed by atoms with Gasteiger partial charge in [0.1, 0.15) is 0 Å². The highest BCUT2D eigenvalue weighted by molar-refractivity contribution is 5.25. The average Bonchev–Trinajstić information content (AvgIpc) is 2.85. The molecular weight excluding hydrogens is 248 g/mol. The number of nitrogens with zero attached hydrogens (tertiary/aromatic N) is 3. The van der Waals surface area contributed by atoms with Gasteiger partial charge in [-0.2, -0.15) is 0 Å². The summed E-state index contributed by atoms with van der Waals surface area (Å²) in [5, 5.41) is 11.7. The van der Waals surface area contributed by atoms with Crippen LogP contribution in [0.25, 0.3) is 0 Å². The summed E-state index contributed by atoms with van der Waals surface area (Å²) in [5.74, 6) is 0.527. The van der Waals surface area contributed by atoms with E-state index in [0.29, 0.717) is 12.0 Å². The Hall–Kier alpha value is -1.68. The van der Waals surface area contributed by atoms with Crippen molar-refractivity contribution in [2.75, 3.05) is 0 Å². The van der Waals surface area contributed by atoms with Crippen LogP contribution in [-0.2, 0) is 20.0 Å². The number of nitrogens with one attached hydrogen (secondary N) is 1. The maximum absolute atomic E-state index is 4.12. The molecule has 0 aliphatic rings. The molecule has 2 rings (SSSR count). The second kappa shape index (κ2) is 6.66. The molecule has 1 N–H and O–H groups in total. The zero-order chi connectivity index (χ0) is 14.5. The van der Waals surface area contributed by atoms with Crippen molar-refractivity contribution >= 4 is 0 Å². The molecule has 4 heteroatoms. The lowest BCUT2D eigenvalue weighted by atomic mass is 9.95. The molecule has 0 aliphatic heterocycles. The van der Waals surface area contributed by atoms with Gasteiger partial charge < -0.3 is 5.32 Å². The Morgan fingerprint density at radius 3 is 2.40 bits per heavy atom. The topological polar surface area (TPSA) is 42.7 Å². The third-order valence-corrected chi connectivity index (χ3v) is 3.57. The van der Waals surface area contributed by atoms with Gasteiger partial charge in [0.05, 0.1) is 5.69 Å². The van der Waals surface area contributed by atoms with Crippen molar-refractivity contribution in [3.05, 3.63) is 47.3 Å². The van der Waals surface area contributed by atoms with E-state index in [9.17, 15) is 0 Å². The molecule has 4 nitrogen and oxygen atoms in total. The van der Waals surface area contributed by atoms with Crippen molar-refractivity contribution in [3.8, 4) is 0 Å². The van der Waals surface area contributed by atoms with Crippen LogP contribution in [0.5, 0.6) is 0 Å². The lowest BCUT2D eigenvalue weighted by molar-refractivity contribution is 0.408. The molecule has 1 aromatic heterocycles. The first-order valence-corrected chi connectivity index (χ1v) is 7.27. The zero-order valence-corrected chi connectivity index (χ0v) is 12.8. The molecule has 0 saturated carbocycles. The molecule has 0 fully saturated rings. The fourth-order valence-electron chi connectivity index (χ4n) is 2.39. The Morgan fingerprint density at radius 2 is 1.90 bits per heavy atom. The summed E-state index contributed by atoms with van der Waals surface area (Å²) in [4.78, 5) is 0. The number of hydrogen-bond donors (Lipinski definition) is 1. The van der Waals surface area contributed by atoms with Crippen LogP contribution >= 0.6 is 0 Å². The van der Waals surface area contributed by atoms with Crippen LogP contribution in [0.4, 0.5) is 0 Å². The van der Waals surface area contributed by atoms with E-state index in [0.717, 1.165) is 18.7 Å². The van der Waals surface area contributed by atoms with Crippen LogP contribution in [-0.4, -0.2) is 15.0 Å². The molecular formula is C16H24N4. The fourth-order valence-corrected chi connectivity index (χ4v) is 2.39. The smallest absolute Gasteiger partial charge is 0.0964 e. The van der Waals surface area contributed by atoms with E-state index in [2.05, 4.69) is 60.7 Å². The van der Waals surface area contributed by atoms with Crippen LogP contribution in [0.1, 0.15) is 43.6 Å². The molecule has 20 heavy (non-hydrogen) atoms. The minimum Gasteiger partial charge on any atom is -0.304 e. The van der Waals surface area contributed by atoms with E-state index >= 15 is 0 Å². The molecule has 2 aromatic rings.